The average Bonchev–Trinajstić information content (AvgIpc) is 3.52. The summed E-state index contributed by atoms with van der Waals surface area (Å²) >= 11 is 0. The van der Waals surface area contributed by atoms with E-state index in [9.17, 15) is 47.9 Å². The van der Waals surface area contributed by atoms with E-state index in [1.165, 1.54) is 27.7 Å². The number of carboxylic acids is 2. The number of esters is 4. The Balaban J connectivity index is 2.12. The first-order chi connectivity index (χ1) is 25.2. The number of hydrogen-bond acceptors (Lipinski definition) is 14. The Labute approximate surface area is 311 Å². The van der Waals surface area contributed by atoms with E-state index in [1.54, 1.807) is 0 Å². The molecule has 0 aliphatic carbocycles. The number of hydrogen-bond donors (Lipinski definition) is 2. The molecule has 2 rings (SSSR count). The quantitative estimate of drug-likeness (QED) is 0.0648. The number of unbranched alkanes of at least 4 members (excludes halogenated alkanes) is 2. The Morgan fingerprint density at radius 2 is 0.926 bits per heavy atom. The van der Waals surface area contributed by atoms with Crippen LogP contribution in [0, 0.1) is 22.7 Å². The minimum atomic E-state index is -1.49. The highest BCUT2D eigenvalue weighted by Gasteiger charge is 2.46. The maximum atomic E-state index is 13.2. The second-order valence-electron chi connectivity index (χ2n) is 14.0. The molecule has 18 heteroatoms. The number of rotatable bonds is 23. The molecule has 2 unspecified atom stereocenters. The van der Waals surface area contributed by atoms with E-state index in [0.29, 0.717) is 35.5 Å². The molecule has 0 aromatic heterocycles. The van der Waals surface area contributed by atoms with Crippen LogP contribution in [0.25, 0.3) is 0 Å². The molecule has 0 bridgehead atoms. The first kappa shape index (κ1) is 44.7. The highest BCUT2D eigenvalue weighted by Crippen LogP contribution is 2.36. The van der Waals surface area contributed by atoms with Gasteiger partial charge in [0.15, 0.2) is 0 Å². The van der Waals surface area contributed by atoms with Crippen molar-refractivity contribution in [3.05, 3.63) is 23.3 Å². The normalized spacial score (nSPS) is 15.7. The summed E-state index contributed by atoms with van der Waals surface area (Å²) in [5, 5.41) is 18.2. The first-order valence-electron chi connectivity index (χ1n) is 17.4. The summed E-state index contributed by atoms with van der Waals surface area (Å²) in [5.74, 6) is -13.2. The van der Waals surface area contributed by atoms with Crippen LogP contribution in [-0.2, 0) is 66.9 Å². The van der Waals surface area contributed by atoms with Crippen LogP contribution in [0.2, 0.25) is 0 Å². The third-order valence-electron chi connectivity index (χ3n) is 8.55. The molecule has 0 spiro atoms. The second kappa shape index (κ2) is 19.6. The van der Waals surface area contributed by atoms with Crippen molar-refractivity contribution >= 4 is 59.4 Å². The van der Waals surface area contributed by atoms with Crippen molar-refractivity contribution in [3.63, 3.8) is 0 Å². The topological polar surface area (TPSA) is 255 Å². The summed E-state index contributed by atoms with van der Waals surface area (Å²) in [6, 6.07) is 0. The largest absolute Gasteiger partial charge is 0.480 e. The first-order valence-corrected chi connectivity index (χ1v) is 17.4. The van der Waals surface area contributed by atoms with Gasteiger partial charge in [-0.15, -0.1) is 0 Å². The predicted octanol–water partition coefficient (Wildman–Crippen LogP) is 1.58. The third-order valence-corrected chi connectivity index (χ3v) is 8.55. The molecule has 0 fully saturated rings. The van der Waals surface area contributed by atoms with E-state index in [2.05, 4.69) is 0 Å². The maximum absolute atomic E-state index is 13.2. The SMILES string of the molecule is CCCCOC(=O)C(CC(C)(C)C(=O)OCCOC(=O)C(C)(C)CC(C(=O)OCCCC)C1=CC(=O)N(CC(=O)O)C1=O)C1=CC(=O)N(CC(=O)O)C1=O. The van der Waals surface area contributed by atoms with Gasteiger partial charge >= 0.3 is 35.8 Å². The smallest absolute Gasteiger partial charge is 0.323 e. The molecule has 0 aromatic rings. The summed E-state index contributed by atoms with van der Waals surface area (Å²) in [7, 11) is 0. The molecule has 2 atom stereocenters. The van der Waals surface area contributed by atoms with E-state index >= 15 is 0 Å². The molecule has 298 valence electrons. The number of imide groups is 2. The predicted molar refractivity (Wildman–Crippen MR) is 182 cm³/mol. The van der Waals surface area contributed by atoms with Crippen molar-refractivity contribution in [1.82, 2.24) is 9.80 Å². The van der Waals surface area contributed by atoms with Gasteiger partial charge in [-0.1, -0.05) is 26.7 Å². The standard InChI is InChI=1S/C36H48N2O16/c1-7-9-11-51-31(47)23(21-15-25(39)37(29(21)45)19-27(41)42)17-35(3,4)33(49)53-13-14-54-34(50)36(5,6)18-24(32(48)52-12-10-8-2)22-16-26(40)38(30(22)46)20-28(43)44/h15-16,23-24H,7-14,17-20H2,1-6H3,(H,41,42)(H,43,44). The fraction of sp³-hybridized carbons (Fsp3) is 0.611. The van der Waals surface area contributed by atoms with Crippen molar-refractivity contribution in [2.24, 2.45) is 22.7 Å². The fourth-order valence-electron chi connectivity index (χ4n) is 5.45. The Morgan fingerprint density at radius 3 is 1.22 bits per heavy atom. The number of ether oxygens (including phenoxy) is 4. The summed E-state index contributed by atoms with van der Waals surface area (Å²) in [5.41, 5.74) is -3.63. The minimum Gasteiger partial charge on any atom is -0.480 e. The van der Waals surface area contributed by atoms with Gasteiger partial charge in [-0.05, 0) is 53.4 Å². The van der Waals surface area contributed by atoms with Crippen LogP contribution in [0.5, 0.6) is 0 Å². The van der Waals surface area contributed by atoms with E-state index in [4.69, 9.17) is 29.2 Å². The number of aliphatic carboxylic acids is 2. The lowest BCUT2D eigenvalue weighted by Crippen LogP contribution is -2.39. The van der Waals surface area contributed by atoms with Gasteiger partial charge in [0.25, 0.3) is 23.6 Å². The van der Waals surface area contributed by atoms with Crippen LogP contribution in [0.1, 0.15) is 80.1 Å². The van der Waals surface area contributed by atoms with Crippen LogP contribution in [0.3, 0.4) is 0 Å². The number of carboxylic acid groups (broad SMARTS) is 2. The van der Waals surface area contributed by atoms with Crippen molar-refractivity contribution in [3.8, 4) is 0 Å². The van der Waals surface area contributed by atoms with Gasteiger partial charge in [0.05, 0.1) is 35.9 Å². The second-order valence-corrected chi connectivity index (χ2v) is 14.0. The van der Waals surface area contributed by atoms with Crippen molar-refractivity contribution in [2.45, 2.75) is 80.1 Å². The lowest BCUT2D eigenvalue weighted by atomic mass is 9.79. The fourth-order valence-corrected chi connectivity index (χ4v) is 5.45. The Kier molecular flexibility index (Phi) is 16.2. The Bertz CT molecular complexity index is 1470. The molecule has 4 amide bonds. The lowest BCUT2D eigenvalue weighted by molar-refractivity contribution is -0.165. The minimum absolute atomic E-state index is 0.00265. The van der Waals surface area contributed by atoms with Gasteiger partial charge in [0.1, 0.15) is 26.3 Å². The van der Waals surface area contributed by atoms with E-state index in [1.807, 2.05) is 13.8 Å². The summed E-state index contributed by atoms with van der Waals surface area (Å²) in [6.07, 6.45) is 3.32. The zero-order chi connectivity index (χ0) is 41.0. The molecule has 2 aliphatic rings. The van der Waals surface area contributed by atoms with Gasteiger partial charge in [-0.3, -0.25) is 57.7 Å². The van der Waals surface area contributed by atoms with Crippen LogP contribution in [-0.4, -0.2) is 119 Å². The summed E-state index contributed by atoms with van der Waals surface area (Å²) in [6.45, 7) is 6.57. The molecule has 0 saturated carbocycles. The molecule has 2 aliphatic heterocycles. The molecule has 0 saturated heterocycles. The summed E-state index contributed by atoms with van der Waals surface area (Å²) in [4.78, 5) is 127. The van der Waals surface area contributed by atoms with Crippen LogP contribution < -0.4 is 0 Å². The monoisotopic (exact) mass is 764 g/mol. The van der Waals surface area contributed by atoms with Crippen molar-refractivity contribution < 1.29 is 77.1 Å². The zero-order valence-corrected chi connectivity index (χ0v) is 31.3. The number of carbonyl (C=O) groups is 10. The molecule has 2 N–H and O–H groups in total. The van der Waals surface area contributed by atoms with Crippen LogP contribution in [0.15, 0.2) is 23.3 Å². The molecule has 0 radical (unpaired) electrons. The highest BCUT2D eigenvalue weighted by atomic mass is 16.6. The van der Waals surface area contributed by atoms with Crippen LogP contribution >= 0.6 is 0 Å². The molecule has 0 aromatic carbocycles. The molecular formula is C36H48N2O16. The van der Waals surface area contributed by atoms with Gasteiger partial charge in [0, 0.05) is 23.3 Å². The van der Waals surface area contributed by atoms with Crippen LogP contribution in [0.4, 0.5) is 0 Å². The molecule has 54 heavy (non-hydrogen) atoms. The molecule has 2 heterocycles. The number of amides is 4. The third kappa shape index (κ3) is 12.1. The average molecular weight is 765 g/mol. The van der Waals surface area contributed by atoms with E-state index < -0.39 is 108 Å². The maximum Gasteiger partial charge on any atom is 0.323 e. The lowest BCUT2D eigenvalue weighted by Gasteiger charge is -2.28. The zero-order valence-electron chi connectivity index (χ0n) is 31.3. The molecule has 18 nitrogen and oxygen atoms in total. The van der Waals surface area contributed by atoms with E-state index in [-0.39, 0.29) is 37.2 Å². The highest BCUT2D eigenvalue weighted by molar-refractivity contribution is 6.20. The van der Waals surface area contributed by atoms with Gasteiger partial charge in [0.2, 0.25) is 0 Å². The number of nitrogens with zero attached hydrogens (tertiary/aromatic N) is 2. The Hall–Kier alpha value is -5.42. The van der Waals surface area contributed by atoms with Crippen molar-refractivity contribution in [1.29, 1.82) is 0 Å². The number of carbonyl (C=O) groups excluding carboxylic acids is 8. The summed E-state index contributed by atoms with van der Waals surface area (Å²) < 4.78 is 21.2. The van der Waals surface area contributed by atoms with Crippen molar-refractivity contribution in [2.75, 3.05) is 39.5 Å². The van der Waals surface area contributed by atoms with Gasteiger partial charge in [-0.25, -0.2) is 0 Å². The Morgan fingerprint density at radius 1 is 0.593 bits per heavy atom. The van der Waals surface area contributed by atoms with Gasteiger partial charge in [-0.2, -0.15) is 0 Å². The molecular weight excluding hydrogens is 716 g/mol. The van der Waals surface area contributed by atoms with Gasteiger partial charge < -0.3 is 29.2 Å². The van der Waals surface area contributed by atoms with E-state index in [0.717, 1.165) is 12.2 Å².